The van der Waals surface area contributed by atoms with Crippen LogP contribution in [0.3, 0.4) is 0 Å². The van der Waals surface area contributed by atoms with E-state index < -0.39 is 0 Å². The molecular formula is C40H24MnN8. The summed E-state index contributed by atoms with van der Waals surface area (Å²) in [7, 11) is 0. The van der Waals surface area contributed by atoms with Gasteiger partial charge < -0.3 is 9.97 Å². The van der Waals surface area contributed by atoms with Crippen LogP contribution >= 0.6 is 0 Å². The fourth-order valence-corrected chi connectivity index (χ4v) is 6.34. The van der Waals surface area contributed by atoms with Gasteiger partial charge in [-0.25, -0.2) is 9.97 Å². The van der Waals surface area contributed by atoms with Gasteiger partial charge in [0.25, 0.3) is 0 Å². The minimum Gasteiger partial charge on any atom is -0.657 e. The quantitative estimate of drug-likeness (QED) is 0.173. The molecule has 8 nitrogen and oxygen atoms in total. The van der Waals surface area contributed by atoms with E-state index in [1.54, 1.807) is 49.6 Å². The van der Waals surface area contributed by atoms with Crippen LogP contribution in [-0.2, 0) is 17.1 Å². The molecule has 8 bridgehead atoms. The monoisotopic (exact) mass is 671 g/mol. The fraction of sp³-hybridized carbons (Fsp3) is 0. The van der Waals surface area contributed by atoms with Crippen molar-refractivity contribution in [1.82, 2.24) is 39.9 Å². The normalized spacial score (nSPS) is 11.8. The SMILES string of the molecule is C1=Cc2nc1c(-c1ccncc1)c1ccc([n-]1)c(-c1ccncc1)c1nc(c(-c3ccncc3)c3ccc([n-]3)c2-c2ccncc2)C=C1.[Mn+2]. The first-order valence-electron chi connectivity index (χ1n) is 15.5. The molecule has 0 saturated carbocycles. The first kappa shape index (κ1) is 30.1. The van der Waals surface area contributed by atoms with E-state index in [9.17, 15) is 0 Å². The van der Waals surface area contributed by atoms with Gasteiger partial charge in [0, 0.05) is 49.6 Å². The Labute approximate surface area is 292 Å². The number of hydrogen-bond acceptors (Lipinski definition) is 6. The van der Waals surface area contributed by atoms with Crippen molar-refractivity contribution in [1.29, 1.82) is 0 Å². The summed E-state index contributed by atoms with van der Waals surface area (Å²) in [5.41, 5.74) is 13.9. The van der Waals surface area contributed by atoms with Crippen molar-refractivity contribution in [2.75, 3.05) is 0 Å². The Kier molecular flexibility index (Phi) is 7.81. The van der Waals surface area contributed by atoms with Gasteiger partial charge in [-0.3, -0.25) is 19.9 Å². The van der Waals surface area contributed by atoms with E-state index in [2.05, 4.69) is 68.5 Å². The van der Waals surface area contributed by atoms with Crippen LogP contribution in [0.4, 0.5) is 0 Å². The Hall–Kier alpha value is -6.28. The number of nitrogens with zero attached hydrogens (tertiary/aromatic N) is 8. The first-order valence-corrected chi connectivity index (χ1v) is 15.5. The summed E-state index contributed by atoms with van der Waals surface area (Å²) in [5.74, 6) is 0. The van der Waals surface area contributed by atoms with E-state index in [0.29, 0.717) is 0 Å². The Morgan fingerprint density at radius 3 is 0.755 bits per heavy atom. The van der Waals surface area contributed by atoms with Crippen molar-refractivity contribution >= 4 is 46.4 Å². The number of hydrogen-bond donors (Lipinski definition) is 0. The van der Waals surface area contributed by atoms with Crippen molar-refractivity contribution in [2.45, 2.75) is 0 Å². The maximum atomic E-state index is 5.25. The summed E-state index contributed by atoms with van der Waals surface area (Å²) < 4.78 is 0. The molecule has 0 spiro atoms. The van der Waals surface area contributed by atoms with Gasteiger partial charge >= 0.3 is 17.1 Å². The van der Waals surface area contributed by atoms with Gasteiger partial charge in [0.15, 0.2) is 0 Å². The van der Waals surface area contributed by atoms with Gasteiger partial charge in [0.05, 0.1) is 22.8 Å². The van der Waals surface area contributed by atoms with Crippen LogP contribution < -0.4 is 9.97 Å². The fourth-order valence-electron chi connectivity index (χ4n) is 6.34. The van der Waals surface area contributed by atoms with Crippen LogP contribution in [-0.4, -0.2) is 29.9 Å². The van der Waals surface area contributed by atoms with E-state index in [1.165, 1.54) is 0 Å². The molecule has 0 N–H and O–H groups in total. The second kappa shape index (κ2) is 12.7. The standard InChI is InChI=1S/C40H24N8.Mn/c1-2-30-38(26-11-19-42-20-12-26)32-5-6-34(47-32)40(28-15-23-44-24-16-28)36-8-7-35(48-36)39(27-13-21-43-22-14-27)33-4-3-31(46-33)37(29(1)45-30)25-9-17-41-18-10-25;/h1-24H;/q-2;+2. The van der Waals surface area contributed by atoms with Crippen LogP contribution in [0.2, 0.25) is 0 Å². The van der Waals surface area contributed by atoms with Crippen LogP contribution in [0, 0.1) is 0 Å². The predicted molar refractivity (Wildman–Crippen MR) is 190 cm³/mol. The van der Waals surface area contributed by atoms with Crippen molar-refractivity contribution < 1.29 is 17.1 Å². The average molecular weight is 672 g/mol. The number of aromatic nitrogens is 8. The third kappa shape index (κ3) is 5.47. The third-order valence-corrected chi connectivity index (χ3v) is 8.49. The molecule has 49 heavy (non-hydrogen) atoms. The molecule has 2 aliphatic heterocycles. The zero-order chi connectivity index (χ0) is 31.9. The van der Waals surface area contributed by atoms with Crippen LogP contribution in [0.1, 0.15) is 22.8 Å². The molecule has 0 unspecified atom stereocenters. The topological polar surface area (TPSA) is 106 Å². The van der Waals surface area contributed by atoms with Crippen molar-refractivity contribution in [3.8, 4) is 44.5 Å². The smallest absolute Gasteiger partial charge is 0.657 e. The molecule has 0 fully saturated rings. The van der Waals surface area contributed by atoms with Crippen LogP contribution in [0.15, 0.2) is 122 Å². The summed E-state index contributed by atoms with van der Waals surface area (Å²) in [4.78, 5) is 38.1. The molecule has 2 aliphatic rings. The first-order chi connectivity index (χ1) is 23.8. The van der Waals surface area contributed by atoms with E-state index in [1.807, 2.05) is 48.5 Å². The van der Waals surface area contributed by atoms with Gasteiger partial charge in [0.1, 0.15) is 0 Å². The van der Waals surface area contributed by atoms with Crippen LogP contribution in [0.5, 0.6) is 0 Å². The van der Waals surface area contributed by atoms with Gasteiger partial charge in [-0.15, -0.1) is 22.1 Å². The molecule has 7 aromatic heterocycles. The number of fused-ring (bicyclic) bond motifs is 8. The van der Waals surface area contributed by atoms with E-state index >= 15 is 0 Å². The molecule has 7 aromatic rings. The summed E-state index contributed by atoms with van der Waals surface area (Å²) in [6.07, 6.45) is 22.5. The van der Waals surface area contributed by atoms with Crippen molar-refractivity contribution in [3.63, 3.8) is 0 Å². The van der Waals surface area contributed by atoms with Gasteiger partial charge in [-0.05, 0) is 117 Å². The number of pyridine rings is 4. The van der Waals surface area contributed by atoms with E-state index in [4.69, 9.17) is 19.9 Å². The van der Waals surface area contributed by atoms with E-state index in [0.717, 1.165) is 89.4 Å². The molecule has 9 heterocycles. The largest absolute Gasteiger partial charge is 2.00 e. The maximum absolute atomic E-state index is 5.25. The molecule has 231 valence electrons. The van der Waals surface area contributed by atoms with Crippen molar-refractivity contribution in [3.05, 3.63) is 145 Å². The summed E-state index contributed by atoms with van der Waals surface area (Å²) in [6, 6.07) is 24.1. The van der Waals surface area contributed by atoms with Gasteiger partial charge in [-0.2, -0.15) is 0 Å². The zero-order valence-corrected chi connectivity index (χ0v) is 27.0. The Bertz CT molecular complexity index is 2190. The van der Waals surface area contributed by atoms with Crippen molar-refractivity contribution in [2.24, 2.45) is 0 Å². The average Bonchev–Trinajstić information content (AvgIpc) is 3.98. The molecule has 9 rings (SSSR count). The minimum atomic E-state index is 0. The zero-order valence-electron chi connectivity index (χ0n) is 25.8. The Morgan fingerprint density at radius 1 is 0.306 bits per heavy atom. The Morgan fingerprint density at radius 2 is 0.531 bits per heavy atom. The molecule has 0 atom stereocenters. The van der Waals surface area contributed by atoms with Gasteiger partial charge in [-0.1, -0.05) is 24.3 Å². The molecule has 0 aliphatic carbocycles. The molecule has 0 aromatic carbocycles. The molecule has 1 radical (unpaired) electrons. The molecule has 0 amide bonds. The molecule has 0 saturated heterocycles. The summed E-state index contributed by atoms with van der Waals surface area (Å²) in [6.45, 7) is 0. The Balaban J connectivity index is 0.00000348. The second-order valence-electron chi connectivity index (χ2n) is 11.3. The third-order valence-electron chi connectivity index (χ3n) is 8.49. The predicted octanol–water partition coefficient (Wildman–Crippen LogP) is 8.16. The minimum absolute atomic E-state index is 0. The maximum Gasteiger partial charge on any atom is 2.00 e. The molecular weight excluding hydrogens is 647 g/mol. The number of rotatable bonds is 4. The van der Waals surface area contributed by atoms with Crippen LogP contribution in [0.25, 0.3) is 90.9 Å². The summed E-state index contributed by atoms with van der Waals surface area (Å²) in [5, 5.41) is 0. The van der Waals surface area contributed by atoms with Gasteiger partial charge in [0.2, 0.25) is 0 Å². The van der Waals surface area contributed by atoms with E-state index in [-0.39, 0.29) is 17.1 Å². The second-order valence-corrected chi connectivity index (χ2v) is 11.3. The summed E-state index contributed by atoms with van der Waals surface area (Å²) >= 11 is 0. The molecule has 9 heteroatoms.